The smallest absolute Gasteiger partial charge is 0.123 e. The Labute approximate surface area is 133 Å². The summed E-state index contributed by atoms with van der Waals surface area (Å²) in [6.45, 7) is 0.938. The van der Waals surface area contributed by atoms with Crippen LogP contribution in [-0.4, -0.2) is 23.5 Å². The van der Waals surface area contributed by atoms with Crippen LogP contribution in [0.3, 0.4) is 0 Å². The second-order valence-electron chi connectivity index (χ2n) is 5.90. The van der Waals surface area contributed by atoms with E-state index < -0.39 is 0 Å². The fraction of sp³-hybridized carbons (Fsp3) is 0.222. The van der Waals surface area contributed by atoms with Gasteiger partial charge in [0.1, 0.15) is 5.82 Å². The molecule has 4 rings (SSSR count). The molecule has 0 radical (unpaired) electrons. The first kappa shape index (κ1) is 13.8. The summed E-state index contributed by atoms with van der Waals surface area (Å²) < 4.78 is 13.6. The van der Waals surface area contributed by atoms with Gasteiger partial charge in [0.2, 0.25) is 0 Å². The van der Waals surface area contributed by atoms with Crippen molar-refractivity contribution in [1.82, 2.24) is 9.88 Å². The van der Waals surface area contributed by atoms with E-state index in [1.807, 2.05) is 24.3 Å². The number of aromatic nitrogens is 1. The van der Waals surface area contributed by atoms with Crippen molar-refractivity contribution in [2.24, 2.45) is 0 Å². The summed E-state index contributed by atoms with van der Waals surface area (Å²) in [6, 6.07) is 13.0. The minimum absolute atomic E-state index is 0.123. The van der Waals surface area contributed by atoms with Crippen LogP contribution in [0, 0.1) is 5.82 Å². The van der Waals surface area contributed by atoms with Crippen molar-refractivity contribution in [3.8, 4) is 0 Å². The minimum atomic E-state index is -0.187. The zero-order valence-corrected chi connectivity index (χ0v) is 13.0. The third kappa shape index (κ3) is 2.13. The average Bonchev–Trinajstić information content (AvgIpc) is 2.84. The number of halogens is 2. The van der Waals surface area contributed by atoms with E-state index in [9.17, 15) is 4.39 Å². The first-order chi connectivity index (χ1) is 10.6. The largest absolute Gasteiger partial charge is 0.357 e. The van der Waals surface area contributed by atoms with Crippen LogP contribution in [-0.2, 0) is 6.42 Å². The predicted octanol–water partition coefficient (Wildman–Crippen LogP) is 4.54. The van der Waals surface area contributed by atoms with Crippen molar-refractivity contribution < 1.29 is 4.39 Å². The van der Waals surface area contributed by atoms with Crippen LogP contribution >= 0.6 is 11.6 Å². The van der Waals surface area contributed by atoms with E-state index in [1.165, 1.54) is 11.6 Å². The SMILES string of the molecule is CN1CCc2c([nH]c3ccc(F)cc23)C1c1cccc(Cl)c1. The van der Waals surface area contributed by atoms with Gasteiger partial charge < -0.3 is 4.98 Å². The standard InChI is InChI=1S/C18H16ClFN2/c1-22-8-7-14-15-10-13(20)5-6-16(15)21-17(14)18(22)11-3-2-4-12(19)9-11/h2-6,9-10,18,21H,7-8H2,1H3. The molecule has 4 heteroatoms. The lowest BCUT2D eigenvalue weighted by atomic mass is 9.93. The van der Waals surface area contributed by atoms with Gasteiger partial charge in [-0.1, -0.05) is 23.7 Å². The molecule has 22 heavy (non-hydrogen) atoms. The monoisotopic (exact) mass is 314 g/mol. The molecule has 1 aromatic heterocycles. The number of benzene rings is 2. The van der Waals surface area contributed by atoms with Gasteiger partial charge in [0.25, 0.3) is 0 Å². The Hall–Kier alpha value is -1.84. The molecule has 1 N–H and O–H groups in total. The van der Waals surface area contributed by atoms with Crippen LogP contribution in [0.1, 0.15) is 22.9 Å². The molecule has 2 heterocycles. The maximum atomic E-state index is 13.6. The summed E-state index contributed by atoms with van der Waals surface area (Å²) in [7, 11) is 2.11. The van der Waals surface area contributed by atoms with Gasteiger partial charge in [0, 0.05) is 28.2 Å². The van der Waals surface area contributed by atoms with Crippen molar-refractivity contribution in [1.29, 1.82) is 0 Å². The number of hydrogen-bond donors (Lipinski definition) is 1. The Balaban J connectivity index is 1.93. The normalized spacial score (nSPS) is 18.6. The van der Waals surface area contributed by atoms with E-state index >= 15 is 0 Å². The molecule has 3 aromatic rings. The van der Waals surface area contributed by atoms with Crippen molar-refractivity contribution in [3.05, 3.63) is 70.1 Å². The van der Waals surface area contributed by atoms with E-state index in [-0.39, 0.29) is 11.9 Å². The second kappa shape index (κ2) is 5.11. The third-order valence-electron chi connectivity index (χ3n) is 4.49. The van der Waals surface area contributed by atoms with Crippen LogP contribution in [0.4, 0.5) is 4.39 Å². The molecule has 0 spiro atoms. The lowest BCUT2D eigenvalue weighted by Gasteiger charge is -2.33. The van der Waals surface area contributed by atoms with Crippen LogP contribution in [0.5, 0.6) is 0 Å². The molecule has 112 valence electrons. The zero-order valence-electron chi connectivity index (χ0n) is 12.2. The fourth-order valence-corrected chi connectivity index (χ4v) is 3.68. The molecular formula is C18H16ClFN2. The number of rotatable bonds is 1. The van der Waals surface area contributed by atoms with Crippen LogP contribution in [0.25, 0.3) is 10.9 Å². The van der Waals surface area contributed by atoms with E-state index in [4.69, 9.17) is 11.6 Å². The number of H-pyrrole nitrogens is 1. The molecule has 1 aliphatic rings. The first-order valence-corrected chi connectivity index (χ1v) is 7.77. The Morgan fingerprint density at radius 1 is 1.23 bits per heavy atom. The van der Waals surface area contributed by atoms with E-state index in [0.29, 0.717) is 0 Å². The van der Waals surface area contributed by atoms with Gasteiger partial charge in [-0.05, 0) is 54.9 Å². The van der Waals surface area contributed by atoms with Crippen LogP contribution in [0.15, 0.2) is 42.5 Å². The summed E-state index contributed by atoms with van der Waals surface area (Å²) >= 11 is 6.16. The van der Waals surface area contributed by atoms with E-state index in [0.717, 1.165) is 40.1 Å². The van der Waals surface area contributed by atoms with E-state index in [2.05, 4.69) is 23.0 Å². The number of hydrogen-bond acceptors (Lipinski definition) is 1. The molecular weight excluding hydrogens is 299 g/mol. The molecule has 0 saturated heterocycles. The number of likely N-dealkylation sites (N-methyl/N-ethyl adjacent to an activating group) is 1. The van der Waals surface area contributed by atoms with Crippen molar-refractivity contribution in [2.75, 3.05) is 13.6 Å². The summed E-state index contributed by atoms with van der Waals surface area (Å²) in [6.07, 6.45) is 0.923. The summed E-state index contributed by atoms with van der Waals surface area (Å²) in [5.74, 6) is -0.187. The molecule has 0 bridgehead atoms. The van der Waals surface area contributed by atoms with Crippen molar-refractivity contribution in [3.63, 3.8) is 0 Å². The highest BCUT2D eigenvalue weighted by molar-refractivity contribution is 6.30. The van der Waals surface area contributed by atoms with E-state index in [1.54, 1.807) is 6.07 Å². The molecule has 2 nitrogen and oxygen atoms in total. The fourth-order valence-electron chi connectivity index (χ4n) is 3.48. The Morgan fingerprint density at radius 3 is 2.91 bits per heavy atom. The topological polar surface area (TPSA) is 19.0 Å². The Bertz CT molecular complexity index is 855. The third-order valence-corrected chi connectivity index (χ3v) is 4.73. The van der Waals surface area contributed by atoms with Gasteiger partial charge in [0.15, 0.2) is 0 Å². The second-order valence-corrected chi connectivity index (χ2v) is 6.33. The maximum Gasteiger partial charge on any atom is 0.123 e. The minimum Gasteiger partial charge on any atom is -0.357 e. The number of aromatic amines is 1. The molecule has 1 aliphatic heterocycles. The number of fused-ring (bicyclic) bond motifs is 3. The molecule has 0 aliphatic carbocycles. The Kier molecular flexibility index (Phi) is 3.21. The molecule has 1 atom stereocenters. The molecule has 0 fully saturated rings. The zero-order chi connectivity index (χ0) is 15.3. The summed E-state index contributed by atoms with van der Waals surface area (Å²) in [5.41, 5.74) is 4.52. The predicted molar refractivity (Wildman–Crippen MR) is 87.9 cm³/mol. The van der Waals surface area contributed by atoms with Gasteiger partial charge in [0.05, 0.1) is 6.04 Å². The highest BCUT2D eigenvalue weighted by atomic mass is 35.5. The van der Waals surface area contributed by atoms with Crippen LogP contribution < -0.4 is 0 Å². The number of nitrogens with zero attached hydrogens (tertiary/aromatic N) is 1. The number of nitrogens with one attached hydrogen (secondary N) is 1. The van der Waals surface area contributed by atoms with Gasteiger partial charge in [-0.25, -0.2) is 4.39 Å². The summed E-state index contributed by atoms with van der Waals surface area (Å²) in [4.78, 5) is 5.80. The van der Waals surface area contributed by atoms with Crippen molar-refractivity contribution >= 4 is 22.5 Å². The molecule has 2 aromatic carbocycles. The highest BCUT2D eigenvalue weighted by Gasteiger charge is 2.29. The lowest BCUT2D eigenvalue weighted by molar-refractivity contribution is 0.261. The lowest BCUT2D eigenvalue weighted by Crippen LogP contribution is -2.32. The summed E-state index contributed by atoms with van der Waals surface area (Å²) in [5, 5.41) is 1.73. The quantitative estimate of drug-likeness (QED) is 0.699. The van der Waals surface area contributed by atoms with Crippen LogP contribution in [0.2, 0.25) is 5.02 Å². The van der Waals surface area contributed by atoms with Gasteiger partial charge in [-0.2, -0.15) is 0 Å². The Morgan fingerprint density at radius 2 is 2.09 bits per heavy atom. The maximum absolute atomic E-state index is 13.6. The molecule has 0 saturated carbocycles. The average molecular weight is 315 g/mol. The van der Waals surface area contributed by atoms with Gasteiger partial charge in [-0.15, -0.1) is 0 Å². The molecule has 1 unspecified atom stereocenters. The first-order valence-electron chi connectivity index (χ1n) is 7.39. The van der Waals surface area contributed by atoms with Gasteiger partial charge in [-0.3, -0.25) is 4.90 Å². The highest BCUT2D eigenvalue weighted by Crippen LogP contribution is 2.38. The van der Waals surface area contributed by atoms with Gasteiger partial charge >= 0.3 is 0 Å². The molecule has 0 amide bonds. The van der Waals surface area contributed by atoms with Crippen molar-refractivity contribution in [2.45, 2.75) is 12.5 Å².